The van der Waals surface area contributed by atoms with Crippen LogP contribution in [0.4, 0.5) is 0 Å². The van der Waals surface area contributed by atoms with Gasteiger partial charge in [-0.2, -0.15) is 0 Å². The van der Waals surface area contributed by atoms with Gasteiger partial charge in [0.1, 0.15) is 0 Å². The van der Waals surface area contributed by atoms with E-state index in [1.54, 1.807) is 19.2 Å². The smallest absolute Gasteiger partial charge is 0.289 e. The molecule has 0 atom stereocenters. The van der Waals surface area contributed by atoms with E-state index in [-0.39, 0.29) is 42.6 Å². The van der Waals surface area contributed by atoms with Crippen LogP contribution in [0, 0.1) is 0 Å². The van der Waals surface area contributed by atoms with Crippen molar-refractivity contribution in [1.29, 1.82) is 0 Å². The number of nitrogens with one attached hydrogen (secondary N) is 2. The quantitative estimate of drug-likeness (QED) is 0.828. The summed E-state index contributed by atoms with van der Waals surface area (Å²) in [6, 6.07) is 3.43. The Labute approximate surface area is 138 Å². The fourth-order valence-electron chi connectivity index (χ4n) is 2.14. The summed E-state index contributed by atoms with van der Waals surface area (Å²) in [5.41, 5.74) is 0. The summed E-state index contributed by atoms with van der Waals surface area (Å²) in [6.45, 7) is 1.86. The lowest BCUT2D eigenvalue weighted by Gasteiger charge is -2.24. The average molecular weight is 381 g/mol. The Bertz CT molecular complexity index is 489. The highest BCUT2D eigenvalue weighted by Crippen LogP contribution is 2.15. The molecule has 0 aliphatic carbocycles. The normalized spacial score (nSPS) is 15.1. The van der Waals surface area contributed by atoms with Gasteiger partial charge >= 0.3 is 0 Å². The number of hydrogen-bond donors (Lipinski definition) is 2. The van der Waals surface area contributed by atoms with Crippen molar-refractivity contribution in [2.75, 3.05) is 26.7 Å². The van der Waals surface area contributed by atoms with E-state index < -0.39 is 0 Å². The van der Waals surface area contributed by atoms with Gasteiger partial charge in [0.05, 0.1) is 6.54 Å². The Balaban J connectivity index is 0.00000220. The molecule has 6 nitrogen and oxygen atoms in total. The van der Waals surface area contributed by atoms with Crippen LogP contribution in [0.15, 0.2) is 21.2 Å². The summed E-state index contributed by atoms with van der Waals surface area (Å²) >= 11 is 3.14. The van der Waals surface area contributed by atoms with Gasteiger partial charge in [-0.15, -0.1) is 12.4 Å². The number of rotatable bonds is 4. The minimum absolute atomic E-state index is 0. The first kappa shape index (κ1) is 18.0. The van der Waals surface area contributed by atoms with E-state index in [1.807, 2.05) is 0 Å². The van der Waals surface area contributed by atoms with Gasteiger partial charge in [0.15, 0.2) is 10.4 Å². The highest BCUT2D eigenvalue weighted by Gasteiger charge is 2.20. The molecule has 118 valence electrons. The average Bonchev–Trinajstić information content (AvgIpc) is 2.85. The molecule has 21 heavy (non-hydrogen) atoms. The molecule has 2 amide bonds. The van der Waals surface area contributed by atoms with Gasteiger partial charge in [-0.1, -0.05) is 0 Å². The summed E-state index contributed by atoms with van der Waals surface area (Å²) in [4.78, 5) is 25.3. The van der Waals surface area contributed by atoms with E-state index >= 15 is 0 Å². The lowest BCUT2D eigenvalue weighted by Crippen LogP contribution is -2.46. The van der Waals surface area contributed by atoms with Crippen LogP contribution in [0.3, 0.4) is 0 Å². The minimum atomic E-state index is -0.309. The number of halogens is 2. The predicted octanol–water partition coefficient (Wildman–Crippen LogP) is 1.40. The molecular formula is C13H19BrClN3O3. The number of likely N-dealkylation sites (N-methyl/N-ethyl adjacent to an activating group) is 1. The lowest BCUT2D eigenvalue weighted by molar-refractivity contribution is -0.122. The highest BCUT2D eigenvalue weighted by molar-refractivity contribution is 9.10. The van der Waals surface area contributed by atoms with E-state index in [1.165, 1.54) is 4.90 Å². The second kappa shape index (κ2) is 8.41. The Morgan fingerprint density at radius 2 is 2.10 bits per heavy atom. The van der Waals surface area contributed by atoms with Crippen molar-refractivity contribution in [3.05, 3.63) is 22.6 Å². The Hall–Kier alpha value is -1.05. The zero-order chi connectivity index (χ0) is 14.5. The van der Waals surface area contributed by atoms with Crippen molar-refractivity contribution in [3.8, 4) is 0 Å². The van der Waals surface area contributed by atoms with Gasteiger partial charge in [0, 0.05) is 13.1 Å². The standard InChI is InChI=1S/C13H18BrN3O3.ClH/c1-17(13(19)10-2-3-11(14)20-10)8-12(18)16-9-4-6-15-7-5-9;/h2-3,9,15H,4-8H2,1H3,(H,16,18);1H. The van der Waals surface area contributed by atoms with Crippen molar-refractivity contribution in [1.82, 2.24) is 15.5 Å². The molecule has 1 saturated heterocycles. The molecule has 0 aromatic carbocycles. The van der Waals surface area contributed by atoms with Crippen LogP contribution in [0.2, 0.25) is 0 Å². The first-order valence-corrected chi connectivity index (χ1v) is 7.36. The first-order valence-electron chi connectivity index (χ1n) is 6.57. The zero-order valence-corrected chi connectivity index (χ0v) is 14.1. The number of carbonyl (C=O) groups excluding carboxylic acids is 2. The van der Waals surface area contributed by atoms with Gasteiger partial charge in [-0.05, 0) is 54.0 Å². The monoisotopic (exact) mass is 379 g/mol. The number of nitrogens with zero attached hydrogens (tertiary/aromatic N) is 1. The van der Waals surface area contributed by atoms with Crippen LogP contribution in [0.25, 0.3) is 0 Å². The number of carbonyl (C=O) groups is 2. The Morgan fingerprint density at radius 1 is 1.43 bits per heavy atom. The SMILES string of the molecule is CN(CC(=O)NC1CCNCC1)C(=O)c1ccc(Br)o1.Cl. The third-order valence-electron chi connectivity index (χ3n) is 3.22. The zero-order valence-electron chi connectivity index (χ0n) is 11.7. The number of hydrogen-bond acceptors (Lipinski definition) is 4. The number of furan rings is 1. The van der Waals surface area contributed by atoms with Crippen molar-refractivity contribution in [3.63, 3.8) is 0 Å². The summed E-state index contributed by atoms with van der Waals surface area (Å²) in [5.74, 6) is -0.233. The van der Waals surface area contributed by atoms with Crippen LogP contribution >= 0.6 is 28.3 Å². The van der Waals surface area contributed by atoms with E-state index in [9.17, 15) is 9.59 Å². The molecule has 0 unspecified atom stereocenters. The number of amides is 2. The fraction of sp³-hybridized carbons (Fsp3) is 0.538. The topological polar surface area (TPSA) is 74.6 Å². The third-order valence-corrected chi connectivity index (χ3v) is 3.64. The molecule has 1 aromatic rings. The summed E-state index contributed by atoms with van der Waals surface area (Å²) < 4.78 is 5.68. The predicted molar refractivity (Wildman–Crippen MR) is 84.7 cm³/mol. The van der Waals surface area contributed by atoms with Gasteiger partial charge in [-0.25, -0.2) is 0 Å². The van der Waals surface area contributed by atoms with Gasteiger partial charge in [0.2, 0.25) is 5.91 Å². The molecule has 1 aromatic heterocycles. The molecule has 1 aliphatic heterocycles. The second-order valence-electron chi connectivity index (χ2n) is 4.86. The molecule has 0 bridgehead atoms. The molecule has 0 saturated carbocycles. The molecule has 2 rings (SSSR count). The molecule has 8 heteroatoms. The summed E-state index contributed by atoms with van der Waals surface area (Å²) in [5, 5.41) is 6.19. The van der Waals surface area contributed by atoms with Crippen LogP contribution < -0.4 is 10.6 Å². The summed E-state index contributed by atoms with van der Waals surface area (Å²) in [7, 11) is 1.58. The van der Waals surface area contributed by atoms with Gasteiger partial charge < -0.3 is 20.0 Å². The third kappa shape index (κ3) is 5.33. The maximum atomic E-state index is 12.0. The van der Waals surface area contributed by atoms with Crippen LogP contribution in [-0.2, 0) is 4.79 Å². The molecule has 2 heterocycles. The van der Waals surface area contributed by atoms with Crippen LogP contribution in [0.1, 0.15) is 23.4 Å². The molecule has 1 aliphatic rings. The second-order valence-corrected chi connectivity index (χ2v) is 5.64. The maximum Gasteiger partial charge on any atom is 0.289 e. The largest absolute Gasteiger partial charge is 0.444 e. The van der Waals surface area contributed by atoms with Crippen molar-refractivity contribution in [2.45, 2.75) is 18.9 Å². The van der Waals surface area contributed by atoms with E-state index in [0.29, 0.717) is 4.67 Å². The van der Waals surface area contributed by atoms with Crippen molar-refractivity contribution in [2.24, 2.45) is 0 Å². The minimum Gasteiger partial charge on any atom is -0.444 e. The fourth-order valence-corrected chi connectivity index (χ4v) is 2.45. The van der Waals surface area contributed by atoms with Crippen LogP contribution in [0.5, 0.6) is 0 Å². The molecule has 1 fully saturated rings. The van der Waals surface area contributed by atoms with E-state index in [4.69, 9.17) is 4.42 Å². The lowest BCUT2D eigenvalue weighted by atomic mass is 10.1. The van der Waals surface area contributed by atoms with E-state index in [0.717, 1.165) is 25.9 Å². The highest BCUT2D eigenvalue weighted by atomic mass is 79.9. The van der Waals surface area contributed by atoms with Gasteiger partial charge in [-0.3, -0.25) is 9.59 Å². The first-order chi connectivity index (χ1) is 9.56. The van der Waals surface area contributed by atoms with Gasteiger partial charge in [0.25, 0.3) is 5.91 Å². The number of piperidine rings is 1. The summed E-state index contributed by atoms with van der Waals surface area (Å²) in [6.07, 6.45) is 1.85. The maximum absolute atomic E-state index is 12.0. The molecule has 0 spiro atoms. The van der Waals surface area contributed by atoms with Crippen LogP contribution in [-0.4, -0.2) is 49.4 Å². The van der Waals surface area contributed by atoms with Crippen molar-refractivity contribution < 1.29 is 14.0 Å². The Morgan fingerprint density at radius 3 is 2.67 bits per heavy atom. The molecular weight excluding hydrogens is 362 g/mol. The molecule has 2 N–H and O–H groups in total. The van der Waals surface area contributed by atoms with Crippen molar-refractivity contribution >= 4 is 40.2 Å². The Kier molecular flexibility index (Phi) is 7.21. The van der Waals surface area contributed by atoms with E-state index in [2.05, 4.69) is 26.6 Å². The molecule has 0 radical (unpaired) electrons.